The average molecular weight is 350 g/mol. The molecule has 1 aromatic heterocycles. The minimum atomic E-state index is -0.651. The van der Waals surface area contributed by atoms with Crippen molar-refractivity contribution in [2.24, 2.45) is 0 Å². The first kappa shape index (κ1) is 17.4. The standard InChI is InChI=1S/C20H18N2O4/c1-13-3-6-15(7-4-13)21-19(23)12-26-20(24)18-9-5-14-11-16(25-2)8-10-17(14)22-18/h3-11H,12H2,1-2H3,(H,21,23). The van der Waals surface area contributed by atoms with Crippen LogP contribution in [0.2, 0.25) is 0 Å². The number of hydrogen-bond donors (Lipinski definition) is 1. The highest BCUT2D eigenvalue weighted by atomic mass is 16.5. The lowest BCUT2D eigenvalue weighted by molar-refractivity contribution is -0.119. The summed E-state index contributed by atoms with van der Waals surface area (Å²) in [6.45, 7) is 1.58. The molecule has 0 saturated heterocycles. The van der Waals surface area contributed by atoms with Crippen LogP contribution in [0.5, 0.6) is 5.75 Å². The van der Waals surface area contributed by atoms with Crippen LogP contribution in [-0.4, -0.2) is 30.6 Å². The fourth-order valence-corrected chi connectivity index (χ4v) is 2.38. The van der Waals surface area contributed by atoms with Gasteiger partial charge in [-0.15, -0.1) is 0 Å². The Bertz CT molecular complexity index is 952. The molecule has 132 valence electrons. The molecule has 1 N–H and O–H groups in total. The van der Waals surface area contributed by atoms with Gasteiger partial charge in [-0.3, -0.25) is 4.79 Å². The number of fused-ring (bicyclic) bond motifs is 1. The normalized spacial score (nSPS) is 10.4. The molecule has 0 spiro atoms. The Hall–Kier alpha value is -3.41. The number of aromatic nitrogens is 1. The van der Waals surface area contributed by atoms with Gasteiger partial charge in [0.05, 0.1) is 12.6 Å². The van der Waals surface area contributed by atoms with Gasteiger partial charge in [0.15, 0.2) is 6.61 Å². The number of methoxy groups -OCH3 is 1. The highest BCUT2D eigenvalue weighted by Crippen LogP contribution is 2.19. The lowest BCUT2D eigenvalue weighted by atomic mass is 10.2. The highest BCUT2D eigenvalue weighted by Gasteiger charge is 2.12. The molecule has 0 fully saturated rings. The van der Waals surface area contributed by atoms with E-state index in [4.69, 9.17) is 9.47 Å². The number of rotatable bonds is 5. The molecule has 0 aliphatic carbocycles. The van der Waals surface area contributed by atoms with Crippen LogP contribution in [0, 0.1) is 6.92 Å². The zero-order valence-electron chi connectivity index (χ0n) is 14.5. The van der Waals surface area contributed by atoms with E-state index in [0.29, 0.717) is 17.0 Å². The lowest BCUT2D eigenvalue weighted by Gasteiger charge is -2.07. The Balaban J connectivity index is 1.61. The first-order valence-electron chi connectivity index (χ1n) is 8.03. The third-order valence-corrected chi connectivity index (χ3v) is 3.78. The SMILES string of the molecule is COc1ccc2nc(C(=O)OCC(=O)Nc3ccc(C)cc3)ccc2c1. The average Bonchev–Trinajstić information content (AvgIpc) is 2.67. The maximum atomic E-state index is 12.1. The number of aryl methyl sites for hydroxylation is 1. The molecule has 0 saturated carbocycles. The number of amides is 1. The van der Waals surface area contributed by atoms with Crippen LogP contribution in [0.4, 0.5) is 5.69 Å². The van der Waals surface area contributed by atoms with Gasteiger partial charge in [-0.1, -0.05) is 23.8 Å². The summed E-state index contributed by atoms with van der Waals surface area (Å²) in [5.74, 6) is -0.350. The van der Waals surface area contributed by atoms with E-state index in [9.17, 15) is 9.59 Å². The number of benzene rings is 2. The van der Waals surface area contributed by atoms with E-state index in [2.05, 4.69) is 10.3 Å². The van der Waals surface area contributed by atoms with Crippen molar-refractivity contribution in [3.63, 3.8) is 0 Å². The summed E-state index contributed by atoms with van der Waals surface area (Å²) < 4.78 is 10.2. The van der Waals surface area contributed by atoms with E-state index in [-0.39, 0.29) is 12.3 Å². The van der Waals surface area contributed by atoms with Crippen molar-refractivity contribution in [3.05, 3.63) is 65.9 Å². The smallest absolute Gasteiger partial charge is 0.357 e. The number of carbonyl (C=O) groups is 2. The zero-order valence-corrected chi connectivity index (χ0v) is 14.5. The third kappa shape index (κ3) is 4.16. The molecule has 1 heterocycles. The fourth-order valence-electron chi connectivity index (χ4n) is 2.38. The Morgan fingerprint density at radius 3 is 2.54 bits per heavy atom. The number of anilines is 1. The quantitative estimate of drug-likeness (QED) is 0.714. The number of pyridine rings is 1. The van der Waals surface area contributed by atoms with Gasteiger partial charge < -0.3 is 14.8 Å². The molecule has 6 nitrogen and oxygen atoms in total. The lowest BCUT2D eigenvalue weighted by Crippen LogP contribution is -2.21. The van der Waals surface area contributed by atoms with Crippen molar-refractivity contribution >= 4 is 28.5 Å². The van der Waals surface area contributed by atoms with Crippen LogP contribution in [0.15, 0.2) is 54.6 Å². The van der Waals surface area contributed by atoms with Gasteiger partial charge in [0.25, 0.3) is 5.91 Å². The summed E-state index contributed by atoms with van der Waals surface area (Å²) in [7, 11) is 1.59. The van der Waals surface area contributed by atoms with Gasteiger partial charge in [0, 0.05) is 11.1 Å². The van der Waals surface area contributed by atoms with Crippen molar-refractivity contribution in [1.82, 2.24) is 4.98 Å². The molecule has 3 aromatic rings. The number of ether oxygens (including phenoxy) is 2. The maximum absolute atomic E-state index is 12.1. The van der Waals surface area contributed by atoms with Crippen molar-refractivity contribution < 1.29 is 19.1 Å². The van der Waals surface area contributed by atoms with Crippen LogP contribution in [0.25, 0.3) is 10.9 Å². The zero-order chi connectivity index (χ0) is 18.5. The summed E-state index contributed by atoms with van der Waals surface area (Å²) >= 11 is 0. The van der Waals surface area contributed by atoms with E-state index in [1.165, 1.54) is 0 Å². The van der Waals surface area contributed by atoms with Crippen LogP contribution in [0.3, 0.4) is 0 Å². The van der Waals surface area contributed by atoms with Gasteiger partial charge in [0.2, 0.25) is 0 Å². The Labute approximate surface area is 150 Å². The Kier molecular flexibility index (Phi) is 5.12. The molecule has 2 aromatic carbocycles. The number of hydrogen-bond acceptors (Lipinski definition) is 5. The van der Waals surface area contributed by atoms with Gasteiger partial charge in [-0.2, -0.15) is 0 Å². The van der Waals surface area contributed by atoms with Gasteiger partial charge in [-0.05, 0) is 43.3 Å². The second kappa shape index (κ2) is 7.65. The topological polar surface area (TPSA) is 77.5 Å². The molecule has 0 aliphatic rings. The van der Waals surface area contributed by atoms with Gasteiger partial charge >= 0.3 is 5.97 Å². The molecule has 1 amide bonds. The summed E-state index contributed by atoms with van der Waals surface area (Å²) in [4.78, 5) is 28.3. The van der Waals surface area contributed by atoms with E-state index in [1.807, 2.05) is 25.1 Å². The van der Waals surface area contributed by atoms with E-state index in [0.717, 1.165) is 10.9 Å². The first-order chi connectivity index (χ1) is 12.5. The molecule has 0 atom stereocenters. The van der Waals surface area contributed by atoms with Crippen molar-refractivity contribution in [3.8, 4) is 5.75 Å². The number of carbonyl (C=O) groups excluding carboxylic acids is 2. The van der Waals surface area contributed by atoms with E-state index >= 15 is 0 Å². The predicted octanol–water partition coefficient (Wildman–Crippen LogP) is 3.35. The van der Waals surface area contributed by atoms with Crippen LogP contribution in [-0.2, 0) is 9.53 Å². The Morgan fingerprint density at radius 2 is 1.81 bits per heavy atom. The molecule has 0 unspecified atom stereocenters. The molecule has 26 heavy (non-hydrogen) atoms. The largest absolute Gasteiger partial charge is 0.497 e. The summed E-state index contributed by atoms with van der Waals surface area (Å²) in [5.41, 5.74) is 2.53. The molecule has 6 heteroatoms. The third-order valence-electron chi connectivity index (χ3n) is 3.78. The van der Waals surface area contributed by atoms with Crippen LogP contribution < -0.4 is 10.1 Å². The van der Waals surface area contributed by atoms with Crippen molar-refractivity contribution in [2.45, 2.75) is 6.92 Å². The first-order valence-corrected chi connectivity index (χ1v) is 8.03. The highest BCUT2D eigenvalue weighted by molar-refractivity contribution is 5.95. The maximum Gasteiger partial charge on any atom is 0.357 e. The predicted molar refractivity (Wildman–Crippen MR) is 98.4 cm³/mol. The fraction of sp³-hybridized carbons (Fsp3) is 0.150. The molecule has 0 aliphatic heterocycles. The summed E-state index contributed by atoms with van der Waals surface area (Å²) in [6.07, 6.45) is 0. The number of esters is 1. The van der Waals surface area contributed by atoms with Crippen molar-refractivity contribution in [1.29, 1.82) is 0 Å². The monoisotopic (exact) mass is 350 g/mol. The second-order valence-corrected chi connectivity index (χ2v) is 5.75. The van der Waals surface area contributed by atoms with E-state index in [1.54, 1.807) is 43.5 Å². The molecule has 3 rings (SSSR count). The molecular formula is C20H18N2O4. The molecule has 0 bridgehead atoms. The number of nitrogens with zero attached hydrogens (tertiary/aromatic N) is 1. The summed E-state index contributed by atoms with van der Waals surface area (Å²) in [6, 6.07) is 16.0. The molecular weight excluding hydrogens is 332 g/mol. The second-order valence-electron chi connectivity index (χ2n) is 5.75. The molecule has 0 radical (unpaired) electrons. The van der Waals surface area contributed by atoms with Crippen molar-refractivity contribution in [2.75, 3.05) is 19.0 Å². The van der Waals surface area contributed by atoms with Crippen LogP contribution >= 0.6 is 0 Å². The minimum absolute atomic E-state index is 0.144. The van der Waals surface area contributed by atoms with Gasteiger partial charge in [0.1, 0.15) is 11.4 Å². The summed E-state index contributed by atoms with van der Waals surface area (Å²) in [5, 5.41) is 3.51. The minimum Gasteiger partial charge on any atom is -0.497 e. The Morgan fingerprint density at radius 1 is 1.04 bits per heavy atom. The number of nitrogens with one attached hydrogen (secondary N) is 1. The van der Waals surface area contributed by atoms with Crippen LogP contribution in [0.1, 0.15) is 16.1 Å². The van der Waals surface area contributed by atoms with Gasteiger partial charge in [-0.25, -0.2) is 9.78 Å². The van der Waals surface area contributed by atoms with E-state index < -0.39 is 11.9 Å².